The molecule has 3 rings (SSSR count). The van der Waals surface area contributed by atoms with Crippen LogP contribution in [0.25, 0.3) is 16.3 Å². The van der Waals surface area contributed by atoms with Crippen molar-refractivity contribution < 1.29 is 4.74 Å². The standard InChI is InChI=1S/C11H9N3OS/c1-15-10-6-2-5-9-12-13-11(14(9)10)8-4-3-7-16-8/h2-7H,1H3. The fourth-order valence-corrected chi connectivity index (χ4v) is 2.34. The van der Waals surface area contributed by atoms with Crippen molar-refractivity contribution in [1.29, 1.82) is 0 Å². The van der Waals surface area contributed by atoms with Crippen LogP contribution in [0.2, 0.25) is 0 Å². The van der Waals surface area contributed by atoms with Crippen LogP contribution in [0.15, 0.2) is 35.7 Å². The van der Waals surface area contributed by atoms with E-state index in [-0.39, 0.29) is 0 Å². The Hall–Kier alpha value is -1.88. The van der Waals surface area contributed by atoms with E-state index < -0.39 is 0 Å². The molecule has 0 aliphatic carbocycles. The van der Waals surface area contributed by atoms with Crippen LogP contribution < -0.4 is 4.74 Å². The predicted molar refractivity (Wildman–Crippen MR) is 62.9 cm³/mol. The van der Waals surface area contributed by atoms with Gasteiger partial charge in [0.1, 0.15) is 0 Å². The number of hydrogen-bond acceptors (Lipinski definition) is 4. The zero-order valence-corrected chi connectivity index (χ0v) is 9.44. The van der Waals surface area contributed by atoms with E-state index in [9.17, 15) is 0 Å². The summed E-state index contributed by atoms with van der Waals surface area (Å²) in [4.78, 5) is 1.08. The number of hydrogen-bond donors (Lipinski definition) is 0. The lowest BCUT2D eigenvalue weighted by molar-refractivity contribution is 0.393. The Balaban J connectivity index is 2.34. The van der Waals surface area contributed by atoms with Crippen molar-refractivity contribution in [2.45, 2.75) is 0 Å². The van der Waals surface area contributed by atoms with Gasteiger partial charge in [0.25, 0.3) is 0 Å². The monoisotopic (exact) mass is 231 g/mol. The molecule has 0 aliphatic heterocycles. The highest BCUT2D eigenvalue weighted by molar-refractivity contribution is 7.13. The first-order valence-corrected chi connectivity index (χ1v) is 5.70. The van der Waals surface area contributed by atoms with Crippen LogP contribution in [0, 0.1) is 0 Å². The average molecular weight is 231 g/mol. The van der Waals surface area contributed by atoms with Crippen LogP contribution in [0.3, 0.4) is 0 Å². The van der Waals surface area contributed by atoms with Gasteiger partial charge >= 0.3 is 0 Å². The van der Waals surface area contributed by atoms with Crippen LogP contribution in [-0.2, 0) is 0 Å². The first-order valence-electron chi connectivity index (χ1n) is 4.82. The molecule has 0 saturated heterocycles. The summed E-state index contributed by atoms with van der Waals surface area (Å²) in [5.41, 5.74) is 0.794. The SMILES string of the molecule is COc1cccc2nnc(-c3cccs3)n12. The number of nitrogens with zero attached hydrogens (tertiary/aromatic N) is 3. The van der Waals surface area contributed by atoms with Gasteiger partial charge in [0, 0.05) is 0 Å². The Morgan fingerprint density at radius 3 is 2.88 bits per heavy atom. The van der Waals surface area contributed by atoms with Crippen molar-refractivity contribution in [2.75, 3.05) is 7.11 Å². The maximum atomic E-state index is 5.31. The lowest BCUT2D eigenvalue weighted by atomic mass is 10.4. The molecule has 0 amide bonds. The van der Waals surface area contributed by atoms with Gasteiger partial charge in [-0.05, 0) is 23.6 Å². The summed E-state index contributed by atoms with van der Waals surface area (Å²) in [6, 6.07) is 9.73. The second kappa shape index (κ2) is 3.61. The van der Waals surface area contributed by atoms with Crippen LogP contribution in [0.4, 0.5) is 0 Å². The van der Waals surface area contributed by atoms with Crippen LogP contribution in [0.5, 0.6) is 5.88 Å². The van der Waals surface area contributed by atoms with Crippen LogP contribution in [-0.4, -0.2) is 21.7 Å². The average Bonchev–Trinajstić information content (AvgIpc) is 2.96. The fourth-order valence-electron chi connectivity index (χ4n) is 1.64. The van der Waals surface area contributed by atoms with E-state index in [2.05, 4.69) is 10.2 Å². The first kappa shape index (κ1) is 9.35. The van der Waals surface area contributed by atoms with Gasteiger partial charge < -0.3 is 4.74 Å². The van der Waals surface area contributed by atoms with Gasteiger partial charge in [-0.2, -0.15) is 0 Å². The number of rotatable bonds is 2. The molecular formula is C11H9N3OS. The molecule has 80 valence electrons. The van der Waals surface area contributed by atoms with E-state index in [1.807, 2.05) is 40.1 Å². The third kappa shape index (κ3) is 1.29. The number of fused-ring (bicyclic) bond motifs is 1. The topological polar surface area (TPSA) is 39.4 Å². The molecule has 0 N–H and O–H groups in total. The zero-order chi connectivity index (χ0) is 11.0. The third-order valence-corrected chi connectivity index (χ3v) is 3.21. The molecule has 0 aromatic carbocycles. The normalized spacial score (nSPS) is 10.8. The van der Waals surface area contributed by atoms with Crippen molar-refractivity contribution >= 4 is 17.0 Å². The molecule has 0 spiro atoms. The molecule has 3 aromatic heterocycles. The number of pyridine rings is 1. The first-order chi connectivity index (χ1) is 7.90. The van der Waals surface area contributed by atoms with E-state index >= 15 is 0 Å². The summed E-state index contributed by atoms with van der Waals surface area (Å²) < 4.78 is 7.22. The number of aromatic nitrogens is 3. The van der Waals surface area contributed by atoms with Crippen molar-refractivity contribution in [3.05, 3.63) is 35.7 Å². The summed E-state index contributed by atoms with van der Waals surface area (Å²) in [7, 11) is 1.65. The molecule has 0 aliphatic rings. The second-order valence-electron chi connectivity index (χ2n) is 3.26. The summed E-state index contributed by atoms with van der Waals surface area (Å²) in [5.74, 6) is 1.56. The van der Waals surface area contributed by atoms with Gasteiger partial charge in [0.05, 0.1) is 12.0 Å². The highest BCUT2D eigenvalue weighted by Gasteiger charge is 2.11. The van der Waals surface area contributed by atoms with Gasteiger partial charge in [0.15, 0.2) is 11.5 Å². The Kier molecular flexibility index (Phi) is 2.11. The maximum Gasteiger partial charge on any atom is 0.200 e. The summed E-state index contributed by atoms with van der Waals surface area (Å²) >= 11 is 1.64. The molecule has 0 saturated carbocycles. The minimum Gasteiger partial charge on any atom is -0.482 e. The molecule has 3 aromatic rings. The predicted octanol–water partition coefficient (Wildman–Crippen LogP) is 2.47. The maximum absolute atomic E-state index is 5.31. The highest BCUT2D eigenvalue weighted by atomic mass is 32.1. The smallest absolute Gasteiger partial charge is 0.200 e. The van der Waals surface area contributed by atoms with Crippen molar-refractivity contribution in [3.8, 4) is 16.6 Å². The second-order valence-corrected chi connectivity index (χ2v) is 4.21. The van der Waals surface area contributed by atoms with E-state index in [4.69, 9.17) is 4.74 Å². The van der Waals surface area contributed by atoms with Crippen molar-refractivity contribution in [3.63, 3.8) is 0 Å². The van der Waals surface area contributed by atoms with Gasteiger partial charge in [-0.25, -0.2) is 4.40 Å². The number of ether oxygens (including phenoxy) is 1. The summed E-state index contributed by atoms with van der Waals surface area (Å²) in [6.45, 7) is 0. The van der Waals surface area contributed by atoms with Gasteiger partial charge in [-0.15, -0.1) is 21.5 Å². The minimum atomic E-state index is 0.742. The summed E-state index contributed by atoms with van der Waals surface area (Å²) in [5, 5.41) is 10.3. The van der Waals surface area contributed by atoms with E-state index in [0.717, 1.165) is 22.2 Å². The molecule has 0 radical (unpaired) electrons. The molecule has 16 heavy (non-hydrogen) atoms. The molecule has 0 atom stereocenters. The fraction of sp³-hybridized carbons (Fsp3) is 0.0909. The Morgan fingerprint density at radius 2 is 2.12 bits per heavy atom. The van der Waals surface area contributed by atoms with Gasteiger partial charge in [0.2, 0.25) is 5.88 Å². The molecule has 4 nitrogen and oxygen atoms in total. The van der Waals surface area contributed by atoms with Gasteiger partial charge in [-0.3, -0.25) is 0 Å². The van der Waals surface area contributed by atoms with Gasteiger partial charge in [-0.1, -0.05) is 12.1 Å². The minimum absolute atomic E-state index is 0.742. The lowest BCUT2D eigenvalue weighted by Crippen LogP contribution is -1.94. The number of thiophene rings is 1. The Bertz CT molecular complexity index is 615. The van der Waals surface area contributed by atoms with Crippen LogP contribution >= 0.6 is 11.3 Å². The molecular weight excluding hydrogens is 222 g/mol. The van der Waals surface area contributed by atoms with Crippen molar-refractivity contribution in [1.82, 2.24) is 14.6 Å². The zero-order valence-electron chi connectivity index (χ0n) is 8.62. The van der Waals surface area contributed by atoms with Crippen molar-refractivity contribution in [2.24, 2.45) is 0 Å². The number of methoxy groups -OCH3 is 1. The van der Waals surface area contributed by atoms with E-state index in [1.54, 1.807) is 18.4 Å². The summed E-state index contributed by atoms with van der Waals surface area (Å²) in [6.07, 6.45) is 0. The Morgan fingerprint density at radius 1 is 1.19 bits per heavy atom. The largest absolute Gasteiger partial charge is 0.482 e. The quantitative estimate of drug-likeness (QED) is 0.680. The molecule has 3 heterocycles. The Labute approximate surface area is 96.1 Å². The molecule has 0 unspecified atom stereocenters. The van der Waals surface area contributed by atoms with Crippen LogP contribution in [0.1, 0.15) is 0 Å². The van der Waals surface area contributed by atoms with E-state index in [1.165, 1.54) is 0 Å². The third-order valence-electron chi connectivity index (χ3n) is 2.34. The molecule has 5 heteroatoms. The highest BCUT2D eigenvalue weighted by Crippen LogP contribution is 2.26. The molecule has 0 fully saturated rings. The lowest BCUT2D eigenvalue weighted by Gasteiger charge is -2.04. The molecule has 0 bridgehead atoms. The van der Waals surface area contributed by atoms with E-state index in [0.29, 0.717) is 0 Å².